The Morgan fingerprint density at radius 1 is 1.18 bits per heavy atom. The third-order valence-electron chi connectivity index (χ3n) is 4.65. The van der Waals surface area contributed by atoms with E-state index in [0.29, 0.717) is 16.1 Å². The monoisotopic (exact) mass is 481 g/mol. The minimum atomic E-state index is -0.622. The van der Waals surface area contributed by atoms with Crippen LogP contribution >= 0.6 is 23.4 Å². The van der Waals surface area contributed by atoms with Gasteiger partial charge in [-0.05, 0) is 35.9 Å². The van der Waals surface area contributed by atoms with E-state index in [1.807, 2.05) is 6.07 Å². The van der Waals surface area contributed by atoms with Crippen molar-refractivity contribution < 1.29 is 9.72 Å². The Kier molecular flexibility index (Phi) is 6.66. The molecule has 0 aliphatic rings. The van der Waals surface area contributed by atoms with Crippen LogP contribution in [0.5, 0.6) is 0 Å². The van der Waals surface area contributed by atoms with Crippen LogP contribution in [0.4, 0.5) is 11.4 Å². The second-order valence-corrected chi connectivity index (χ2v) is 8.27. The molecule has 0 unspecified atom stereocenters. The van der Waals surface area contributed by atoms with E-state index in [0.717, 1.165) is 17.3 Å². The van der Waals surface area contributed by atoms with Gasteiger partial charge in [-0.15, -0.1) is 0 Å². The fraction of sp³-hybridized carbons (Fsp3) is 0.0909. The van der Waals surface area contributed by atoms with Crippen LogP contribution < -0.4 is 10.9 Å². The van der Waals surface area contributed by atoms with Gasteiger partial charge in [-0.2, -0.15) is 0 Å². The Labute approximate surface area is 196 Å². The molecule has 0 fully saturated rings. The predicted molar refractivity (Wildman–Crippen MR) is 127 cm³/mol. The van der Waals surface area contributed by atoms with Crippen molar-refractivity contribution in [1.29, 1.82) is 0 Å². The normalized spacial score (nSPS) is 10.8. The van der Waals surface area contributed by atoms with E-state index in [9.17, 15) is 19.7 Å². The maximum Gasteiger partial charge on any atom is 0.289 e. The fourth-order valence-electron chi connectivity index (χ4n) is 3.13. The highest BCUT2D eigenvalue weighted by atomic mass is 35.5. The average molecular weight is 482 g/mol. The number of aromatic nitrogens is 3. The zero-order valence-electron chi connectivity index (χ0n) is 17.0. The van der Waals surface area contributed by atoms with E-state index in [2.05, 4.69) is 15.3 Å². The van der Waals surface area contributed by atoms with Gasteiger partial charge in [0.15, 0.2) is 5.16 Å². The van der Waals surface area contributed by atoms with Crippen molar-refractivity contribution in [2.24, 2.45) is 0 Å². The topological polar surface area (TPSA) is 120 Å². The number of anilines is 1. The van der Waals surface area contributed by atoms with Crippen molar-refractivity contribution in [3.8, 4) is 0 Å². The third kappa shape index (κ3) is 5.18. The zero-order chi connectivity index (χ0) is 23.4. The lowest BCUT2D eigenvalue weighted by Crippen LogP contribution is -2.25. The Morgan fingerprint density at radius 2 is 2.00 bits per heavy atom. The van der Waals surface area contributed by atoms with E-state index < -0.39 is 10.8 Å². The third-order valence-corrected chi connectivity index (χ3v) is 5.95. The number of carbonyl (C=O) groups excluding carboxylic acids is 1. The Morgan fingerprint density at radius 3 is 2.76 bits per heavy atom. The van der Waals surface area contributed by atoms with E-state index >= 15 is 0 Å². The second-order valence-electron chi connectivity index (χ2n) is 6.92. The number of rotatable bonds is 7. The summed E-state index contributed by atoms with van der Waals surface area (Å²) in [5.41, 5.74) is 1.07. The number of fused-ring (bicyclic) bond motifs is 1. The number of nitrogens with zero attached hydrogens (tertiary/aromatic N) is 4. The zero-order valence-corrected chi connectivity index (χ0v) is 18.5. The standard InChI is InChI=1S/C22H16ClN5O4S/c23-17-8-7-15(10-19(17)28(31)32)25-20(29)13-33-22-26-18-6-2-1-5-16(18)21(30)27(22)12-14-4-3-9-24-11-14/h1-11H,12-13H2,(H,25,29). The van der Waals surface area contributed by atoms with Gasteiger partial charge in [-0.25, -0.2) is 4.98 Å². The van der Waals surface area contributed by atoms with Crippen LogP contribution in [0.1, 0.15) is 5.56 Å². The number of benzene rings is 2. The number of pyridine rings is 1. The van der Waals surface area contributed by atoms with E-state index in [-0.39, 0.29) is 34.3 Å². The van der Waals surface area contributed by atoms with Gasteiger partial charge in [0.05, 0.1) is 28.1 Å². The molecular weight excluding hydrogens is 466 g/mol. The molecule has 0 aliphatic carbocycles. The van der Waals surface area contributed by atoms with Gasteiger partial charge >= 0.3 is 0 Å². The molecule has 2 aromatic carbocycles. The van der Waals surface area contributed by atoms with E-state index in [1.165, 1.54) is 22.8 Å². The van der Waals surface area contributed by atoms with Crippen LogP contribution in [0.15, 0.2) is 76.9 Å². The Hall–Kier alpha value is -3.76. The molecule has 0 saturated carbocycles. The molecule has 33 heavy (non-hydrogen) atoms. The molecule has 1 N–H and O–H groups in total. The smallest absolute Gasteiger partial charge is 0.289 e. The van der Waals surface area contributed by atoms with Gasteiger partial charge in [0, 0.05) is 24.1 Å². The molecule has 0 atom stereocenters. The van der Waals surface area contributed by atoms with Gasteiger partial charge in [0.2, 0.25) is 5.91 Å². The van der Waals surface area contributed by atoms with Crippen LogP contribution in [0.2, 0.25) is 5.02 Å². The van der Waals surface area contributed by atoms with Crippen LogP contribution in [-0.2, 0) is 11.3 Å². The lowest BCUT2D eigenvalue weighted by molar-refractivity contribution is -0.384. The number of nitro benzene ring substituents is 1. The summed E-state index contributed by atoms with van der Waals surface area (Å²) in [5.74, 6) is -0.471. The van der Waals surface area contributed by atoms with Crippen LogP contribution in [0.25, 0.3) is 10.9 Å². The van der Waals surface area contributed by atoms with Crippen LogP contribution in [-0.4, -0.2) is 31.1 Å². The molecule has 0 radical (unpaired) electrons. The highest BCUT2D eigenvalue weighted by Crippen LogP contribution is 2.27. The number of nitro groups is 1. The molecule has 11 heteroatoms. The van der Waals surface area contributed by atoms with Crippen molar-refractivity contribution in [2.75, 3.05) is 11.1 Å². The predicted octanol–water partition coefficient (Wildman–Crippen LogP) is 4.13. The van der Waals surface area contributed by atoms with Crippen molar-refractivity contribution >= 4 is 51.5 Å². The van der Waals surface area contributed by atoms with Gasteiger partial charge in [-0.3, -0.25) is 29.3 Å². The average Bonchev–Trinajstić information content (AvgIpc) is 2.81. The molecular formula is C22H16ClN5O4S. The molecule has 0 bridgehead atoms. The fourth-order valence-corrected chi connectivity index (χ4v) is 4.11. The molecule has 9 nitrogen and oxygen atoms in total. The quantitative estimate of drug-likeness (QED) is 0.182. The number of carbonyl (C=O) groups is 1. The largest absolute Gasteiger partial charge is 0.325 e. The number of amides is 1. The molecule has 4 aromatic rings. The molecule has 166 valence electrons. The summed E-state index contributed by atoms with van der Waals surface area (Å²) in [6.45, 7) is 0.248. The van der Waals surface area contributed by atoms with E-state index in [1.54, 1.807) is 42.7 Å². The first-order valence-corrected chi connectivity index (χ1v) is 11.0. The molecule has 1 amide bonds. The van der Waals surface area contributed by atoms with Crippen LogP contribution in [0.3, 0.4) is 0 Å². The lowest BCUT2D eigenvalue weighted by Gasteiger charge is -2.13. The lowest BCUT2D eigenvalue weighted by atomic mass is 10.2. The molecule has 4 rings (SSSR count). The van der Waals surface area contributed by atoms with Gasteiger partial charge in [0.1, 0.15) is 5.02 Å². The van der Waals surface area contributed by atoms with Crippen molar-refractivity contribution in [3.05, 3.63) is 98.0 Å². The van der Waals surface area contributed by atoms with Crippen LogP contribution in [0, 0.1) is 10.1 Å². The summed E-state index contributed by atoms with van der Waals surface area (Å²) in [7, 11) is 0. The maximum atomic E-state index is 13.1. The molecule has 2 heterocycles. The van der Waals surface area contributed by atoms with Crippen molar-refractivity contribution in [2.45, 2.75) is 11.7 Å². The summed E-state index contributed by atoms with van der Waals surface area (Å²) >= 11 is 6.91. The summed E-state index contributed by atoms with van der Waals surface area (Å²) in [5, 5.41) is 14.5. The highest BCUT2D eigenvalue weighted by Gasteiger charge is 2.16. The van der Waals surface area contributed by atoms with Gasteiger partial charge in [0.25, 0.3) is 11.2 Å². The van der Waals surface area contributed by atoms with Gasteiger partial charge < -0.3 is 5.32 Å². The number of hydrogen-bond acceptors (Lipinski definition) is 7. The minimum Gasteiger partial charge on any atom is -0.325 e. The number of hydrogen-bond donors (Lipinski definition) is 1. The summed E-state index contributed by atoms with van der Waals surface area (Å²) in [4.78, 5) is 44.7. The molecule has 0 spiro atoms. The Bertz CT molecular complexity index is 1410. The van der Waals surface area contributed by atoms with Crippen molar-refractivity contribution in [1.82, 2.24) is 14.5 Å². The van der Waals surface area contributed by atoms with Gasteiger partial charge in [-0.1, -0.05) is 41.6 Å². The summed E-state index contributed by atoms with van der Waals surface area (Å²) in [6.07, 6.45) is 3.31. The minimum absolute atomic E-state index is 0.0212. The maximum absolute atomic E-state index is 13.1. The number of thioether (sulfide) groups is 1. The number of nitrogens with one attached hydrogen (secondary N) is 1. The molecule has 0 aliphatic heterocycles. The second kappa shape index (κ2) is 9.80. The first-order chi connectivity index (χ1) is 15.9. The number of para-hydroxylation sites is 1. The highest BCUT2D eigenvalue weighted by molar-refractivity contribution is 7.99. The SMILES string of the molecule is O=C(CSc1nc2ccccc2c(=O)n1Cc1cccnc1)Nc1ccc(Cl)c([N+](=O)[O-])c1. The summed E-state index contributed by atoms with van der Waals surface area (Å²) in [6, 6.07) is 14.6. The molecule has 2 aromatic heterocycles. The summed E-state index contributed by atoms with van der Waals surface area (Å²) < 4.78 is 1.50. The molecule has 0 saturated heterocycles. The van der Waals surface area contributed by atoms with E-state index in [4.69, 9.17) is 11.6 Å². The number of halogens is 1. The Balaban J connectivity index is 1.58. The van der Waals surface area contributed by atoms with Crippen molar-refractivity contribution in [3.63, 3.8) is 0 Å². The first kappa shape index (κ1) is 22.4. The first-order valence-electron chi connectivity index (χ1n) is 9.67.